The van der Waals surface area contributed by atoms with Gasteiger partial charge in [-0.05, 0) is 62.1 Å². The second kappa shape index (κ2) is 7.16. The Labute approximate surface area is 152 Å². The predicted molar refractivity (Wildman–Crippen MR) is 101 cm³/mol. The van der Waals surface area contributed by atoms with Crippen LogP contribution in [0.4, 0.5) is 0 Å². The topological polar surface area (TPSA) is 56.5 Å². The van der Waals surface area contributed by atoms with E-state index >= 15 is 0 Å². The van der Waals surface area contributed by atoms with Gasteiger partial charge in [0.15, 0.2) is 6.61 Å². The number of benzene rings is 2. The van der Waals surface area contributed by atoms with Crippen LogP contribution in [0.1, 0.15) is 38.2 Å². The number of ketones is 1. The third kappa shape index (κ3) is 3.69. The number of esters is 1. The number of furan rings is 1. The molecule has 0 bridgehead atoms. The first-order valence-electron chi connectivity index (χ1n) is 8.58. The molecule has 0 radical (unpaired) electrons. The molecule has 0 aliphatic heterocycles. The molecule has 0 spiro atoms. The number of carbonyl (C=O) groups is 2. The summed E-state index contributed by atoms with van der Waals surface area (Å²) in [6.07, 6.45) is 1.65. The average molecular weight is 350 g/mol. The molecule has 0 fully saturated rings. The van der Waals surface area contributed by atoms with Crippen molar-refractivity contribution in [2.75, 3.05) is 6.61 Å². The summed E-state index contributed by atoms with van der Waals surface area (Å²) in [7, 11) is 0. The molecule has 0 N–H and O–H groups in total. The SMILES string of the molecule is Cc1ccc2c(CC(=O)OCC(=O)c3cc(C)c(C)cc3C)coc2c1. The minimum atomic E-state index is -0.442. The van der Waals surface area contributed by atoms with Gasteiger partial charge in [-0.2, -0.15) is 0 Å². The van der Waals surface area contributed by atoms with Crippen molar-refractivity contribution in [3.05, 3.63) is 70.0 Å². The van der Waals surface area contributed by atoms with Crippen LogP contribution in [0.3, 0.4) is 0 Å². The molecule has 4 heteroatoms. The molecule has 0 amide bonds. The van der Waals surface area contributed by atoms with E-state index in [2.05, 4.69) is 0 Å². The highest BCUT2D eigenvalue weighted by atomic mass is 16.5. The molecule has 2 aromatic carbocycles. The van der Waals surface area contributed by atoms with Gasteiger partial charge < -0.3 is 9.15 Å². The number of Topliss-reactive ketones (excluding diaryl/α,β-unsaturated/α-hetero) is 1. The minimum Gasteiger partial charge on any atom is -0.464 e. The monoisotopic (exact) mass is 350 g/mol. The summed E-state index contributed by atoms with van der Waals surface area (Å²) >= 11 is 0. The van der Waals surface area contributed by atoms with Gasteiger partial charge in [0.1, 0.15) is 5.58 Å². The highest BCUT2D eigenvalue weighted by Crippen LogP contribution is 2.23. The maximum Gasteiger partial charge on any atom is 0.310 e. The molecular formula is C22H22O4. The molecule has 0 saturated heterocycles. The first-order valence-corrected chi connectivity index (χ1v) is 8.58. The zero-order valence-electron chi connectivity index (χ0n) is 15.5. The van der Waals surface area contributed by atoms with Crippen molar-refractivity contribution in [1.29, 1.82) is 0 Å². The maximum absolute atomic E-state index is 12.4. The number of ether oxygens (including phenoxy) is 1. The summed E-state index contributed by atoms with van der Waals surface area (Å²) in [5.41, 5.74) is 6.28. The lowest BCUT2D eigenvalue weighted by Crippen LogP contribution is -2.16. The third-order valence-corrected chi connectivity index (χ3v) is 4.65. The van der Waals surface area contributed by atoms with Gasteiger partial charge in [0.2, 0.25) is 5.78 Å². The van der Waals surface area contributed by atoms with Crippen molar-refractivity contribution in [3.8, 4) is 0 Å². The third-order valence-electron chi connectivity index (χ3n) is 4.65. The number of fused-ring (bicyclic) bond motifs is 1. The Morgan fingerprint density at radius 2 is 1.69 bits per heavy atom. The maximum atomic E-state index is 12.4. The molecule has 134 valence electrons. The van der Waals surface area contributed by atoms with E-state index in [9.17, 15) is 9.59 Å². The fourth-order valence-electron chi connectivity index (χ4n) is 3.02. The molecule has 3 rings (SSSR count). The molecule has 0 unspecified atom stereocenters. The van der Waals surface area contributed by atoms with Gasteiger partial charge in [-0.25, -0.2) is 0 Å². The van der Waals surface area contributed by atoms with Gasteiger partial charge in [-0.1, -0.05) is 18.2 Å². The van der Waals surface area contributed by atoms with Crippen LogP contribution >= 0.6 is 0 Å². The lowest BCUT2D eigenvalue weighted by atomic mass is 9.98. The Balaban J connectivity index is 1.65. The summed E-state index contributed by atoms with van der Waals surface area (Å²) in [6, 6.07) is 9.66. The largest absolute Gasteiger partial charge is 0.464 e. The molecule has 3 aromatic rings. The molecule has 4 nitrogen and oxygen atoms in total. The van der Waals surface area contributed by atoms with Crippen LogP contribution in [0.15, 0.2) is 41.0 Å². The second-order valence-electron chi connectivity index (χ2n) is 6.77. The fourth-order valence-corrected chi connectivity index (χ4v) is 3.02. The molecule has 0 saturated carbocycles. The van der Waals surface area contributed by atoms with E-state index in [-0.39, 0.29) is 18.8 Å². The van der Waals surface area contributed by atoms with E-state index in [4.69, 9.17) is 9.15 Å². The normalized spacial score (nSPS) is 10.9. The Hall–Kier alpha value is -2.88. The summed E-state index contributed by atoms with van der Waals surface area (Å²) in [5, 5.41) is 0.892. The van der Waals surface area contributed by atoms with E-state index in [1.165, 1.54) is 0 Å². The summed E-state index contributed by atoms with van der Waals surface area (Å²) in [5.74, 6) is -0.630. The van der Waals surface area contributed by atoms with Crippen molar-refractivity contribution < 1.29 is 18.7 Å². The van der Waals surface area contributed by atoms with Crippen LogP contribution < -0.4 is 0 Å². The van der Waals surface area contributed by atoms with Crippen molar-refractivity contribution in [2.45, 2.75) is 34.1 Å². The van der Waals surface area contributed by atoms with Crippen LogP contribution in [0.5, 0.6) is 0 Å². The highest BCUT2D eigenvalue weighted by Gasteiger charge is 2.15. The lowest BCUT2D eigenvalue weighted by Gasteiger charge is -2.09. The smallest absolute Gasteiger partial charge is 0.310 e. The molecule has 1 heterocycles. The van der Waals surface area contributed by atoms with E-state index in [1.54, 1.807) is 6.26 Å². The molecule has 0 aliphatic rings. The van der Waals surface area contributed by atoms with Crippen LogP contribution in [-0.2, 0) is 16.0 Å². The number of hydrogen-bond donors (Lipinski definition) is 0. The van der Waals surface area contributed by atoms with E-state index in [1.807, 2.05) is 58.0 Å². The summed E-state index contributed by atoms with van der Waals surface area (Å²) in [6.45, 7) is 7.59. The summed E-state index contributed by atoms with van der Waals surface area (Å²) < 4.78 is 10.7. The molecular weight excluding hydrogens is 328 g/mol. The number of rotatable bonds is 5. The predicted octanol–water partition coefficient (Wildman–Crippen LogP) is 4.64. The minimum absolute atomic E-state index is 0.0786. The van der Waals surface area contributed by atoms with E-state index < -0.39 is 5.97 Å². The van der Waals surface area contributed by atoms with Crippen LogP contribution in [0.25, 0.3) is 11.0 Å². The van der Waals surface area contributed by atoms with Gasteiger partial charge >= 0.3 is 5.97 Å². The zero-order valence-corrected chi connectivity index (χ0v) is 15.5. The highest BCUT2D eigenvalue weighted by molar-refractivity contribution is 5.99. The molecule has 26 heavy (non-hydrogen) atoms. The van der Waals surface area contributed by atoms with Gasteiger partial charge in [-0.15, -0.1) is 0 Å². The summed E-state index contributed by atoms with van der Waals surface area (Å²) in [4.78, 5) is 24.5. The van der Waals surface area contributed by atoms with Gasteiger partial charge in [-0.3, -0.25) is 9.59 Å². The Morgan fingerprint density at radius 1 is 0.962 bits per heavy atom. The quantitative estimate of drug-likeness (QED) is 0.497. The average Bonchev–Trinajstić information content (AvgIpc) is 2.97. The van der Waals surface area contributed by atoms with Crippen molar-refractivity contribution >= 4 is 22.7 Å². The first kappa shape index (κ1) is 17.9. The number of hydrogen-bond acceptors (Lipinski definition) is 4. The van der Waals surface area contributed by atoms with E-state index in [0.29, 0.717) is 5.56 Å². The van der Waals surface area contributed by atoms with Crippen molar-refractivity contribution in [2.24, 2.45) is 0 Å². The Morgan fingerprint density at radius 3 is 2.46 bits per heavy atom. The second-order valence-corrected chi connectivity index (χ2v) is 6.77. The number of aryl methyl sites for hydroxylation is 4. The van der Waals surface area contributed by atoms with Crippen LogP contribution in [0.2, 0.25) is 0 Å². The fraction of sp³-hybridized carbons (Fsp3) is 0.273. The standard InChI is InChI=1S/C22H22O4/c1-13-5-6-18-17(11-25-21(18)7-13)10-22(24)26-12-20(23)19-9-15(3)14(2)8-16(19)4/h5-9,11H,10,12H2,1-4H3. The first-order chi connectivity index (χ1) is 12.3. The van der Waals surface area contributed by atoms with Gasteiger partial charge in [0.05, 0.1) is 12.7 Å². The number of carbonyl (C=O) groups excluding carboxylic acids is 2. The zero-order chi connectivity index (χ0) is 18.8. The Bertz CT molecular complexity index is 995. The molecule has 0 aliphatic carbocycles. The van der Waals surface area contributed by atoms with E-state index in [0.717, 1.165) is 38.8 Å². The Kier molecular flexibility index (Phi) is 4.94. The van der Waals surface area contributed by atoms with Crippen molar-refractivity contribution in [1.82, 2.24) is 0 Å². The lowest BCUT2D eigenvalue weighted by molar-refractivity contribution is -0.141. The molecule has 0 atom stereocenters. The van der Waals surface area contributed by atoms with Gasteiger partial charge in [0, 0.05) is 16.5 Å². The molecule has 1 aromatic heterocycles. The van der Waals surface area contributed by atoms with Crippen molar-refractivity contribution in [3.63, 3.8) is 0 Å². The van der Waals surface area contributed by atoms with Crippen LogP contribution in [-0.4, -0.2) is 18.4 Å². The van der Waals surface area contributed by atoms with Crippen LogP contribution in [0, 0.1) is 27.7 Å². The van der Waals surface area contributed by atoms with Gasteiger partial charge in [0.25, 0.3) is 0 Å².